The molecule has 29 heavy (non-hydrogen) atoms. The summed E-state index contributed by atoms with van der Waals surface area (Å²) >= 11 is 0. The summed E-state index contributed by atoms with van der Waals surface area (Å²) in [6.07, 6.45) is 19.9. The van der Waals surface area contributed by atoms with Gasteiger partial charge in [0.2, 0.25) is 10.4 Å². The van der Waals surface area contributed by atoms with Crippen LogP contribution in [0.1, 0.15) is 104 Å². The van der Waals surface area contributed by atoms with E-state index in [-0.39, 0.29) is 0 Å². The van der Waals surface area contributed by atoms with E-state index in [1.54, 1.807) is 0 Å². The Kier molecular flexibility index (Phi) is 22.5. The molecule has 0 bridgehead atoms. The van der Waals surface area contributed by atoms with Crippen LogP contribution in [-0.2, 0) is 14.6 Å². The smallest absolute Gasteiger partial charge is 0.217 e. The average molecular weight is 440 g/mol. The molecule has 0 radical (unpaired) electrons. The summed E-state index contributed by atoms with van der Waals surface area (Å²) in [5, 5.41) is 9.13. The Labute approximate surface area is 181 Å². The number of likely N-dealkylation sites (N-methyl/N-ethyl adjacent to an activating group) is 1. The average Bonchev–Trinajstić information content (AvgIpc) is 2.68. The zero-order chi connectivity index (χ0) is 22.4. The molecule has 1 atom stereocenters. The number of unbranched alkanes of at least 4 members (excludes halogenated alkanes) is 13. The number of aliphatic hydroxyl groups is 1. The van der Waals surface area contributed by atoms with Crippen molar-refractivity contribution in [3.8, 4) is 0 Å². The number of nitrogens with zero attached hydrogens (tertiary/aromatic N) is 1. The van der Waals surface area contributed by atoms with Crippen molar-refractivity contribution in [2.45, 2.75) is 104 Å². The molecule has 178 valence electrons. The van der Waals surface area contributed by atoms with Crippen molar-refractivity contribution in [3.05, 3.63) is 0 Å². The van der Waals surface area contributed by atoms with Gasteiger partial charge in [-0.3, -0.25) is 4.18 Å². The van der Waals surface area contributed by atoms with Gasteiger partial charge in [0.15, 0.2) is 0 Å². The molecule has 0 aliphatic carbocycles. The van der Waals surface area contributed by atoms with E-state index in [1.165, 1.54) is 96.4 Å². The zero-order valence-corrected chi connectivity index (χ0v) is 20.5. The minimum absolute atomic E-state index is 0.322. The fourth-order valence-electron chi connectivity index (χ4n) is 3.36. The molecule has 1 unspecified atom stereocenters. The standard InChI is InChI=1S/C21H46NO.CH4O4S/c1-4-6-7-8-9-10-11-12-13-14-15-16-17-18-19-22(3,5-2)20-21-23;1-5-6(2,3)4/h23H,4-21H2,1-3H3;1H3,(H,2,3,4)/q+1;/p-1. The van der Waals surface area contributed by atoms with Gasteiger partial charge in [-0.25, -0.2) is 8.42 Å². The molecule has 0 rings (SSSR count). The molecule has 0 aromatic heterocycles. The summed E-state index contributed by atoms with van der Waals surface area (Å²) in [5.41, 5.74) is 0. The van der Waals surface area contributed by atoms with E-state index < -0.39 is 10.4 Å². The third kappa shape index (κ3) is 25.8. The molecule has 1 N–H and O–H groups in total. The Morgan fingerprint density at radius 2 is 1.10 bits per heavy atom. The lowest BCUT2D eigenvalue weighted by Gasteiger charge is -2.32. The maximum atomic E-state index is 9.22. The SMILES string of the molecule is CCCCCCCCCCCCCCCC[N+](C)(CC)CCO.COS(=O)(=O)[O-]. The molecule has 0 heterocycles. The van der Waals surface area contributed by atoms with Crippen LogP contribution in [0.15, 0.2) is 0 Å². The molecular formula is C22H49NO5S. The highest BCUT2D eigenvalue weighted by Gasteiger charge is 2.17. The van der Waals surface area contributed by atoms with Crippen LogP contribution in [-0.4, -0.2) is 63.0 Å². The van der Waals surface area contributed by atoms with Gasteiger partial charge in [0.25, 0.3) is 0 Å². The molecule has 0 saturated heterocycles. The van der Waals surface area contributed by atoms with Gasteiger partial charge in [-0.2, -0.15) is 0 Å². The van der Waals surface area contributed by atoms with Crippen molar-refractivity contribution >= 4 is 10.4 Å². The maximum absolute atomic E-state index is 9.22. The van der Waals surface area contributed by atoms with Crippen molar-refractivity contribution in [3.63, 3.8) is 0 Å². The molecule has 0 spiro atoms. The van der Waals surface area contributed by atoms with Crippen molar-refractivity contribution in [1.82, 2.24) is 0 Å². The third-order valence-corrected chi connectivity index (χ3v) is 6.07. The lowest BCUT2D eigenvalue weighted by atomic mass is 10.0. The molecule has 7 heteroatoms. The Hall–Kier alpha value is -0.210. The lowest BCUT2D eigenvalue weighted by molar-refractivity contribution is -0.908. The molecule has 0 aromatic carbocycles. The predicted octanol–water partition coefficient (Wildman–Crippen LogP) is 5.02. The first-order valence-corrected chi connectivity index (χ1v) is 13.0. The molecule has 6 nitrogen and oxygen atoms in total. The van der Waals surface area contributed by atoms with Gasteiger partial charge in [0, 0.05) is 0 Å². The van der Waals surface area contributed by atoms with Crippen molar-refractivity contribution in [2.75, 3.05) is 40.4 Å². The molecular weight excluding hydrogens is 390 g/mol. The lowest BCUT2D eigenvalue weighted by Crippen LogP contribution is -2.46. The number of hydrogen-bond acceptors (Lipinski definition) is 5. The fraction of sp³-hybridized carbons (Fsp3) is 1.00. The van der Waals surface area contributed by atoms with E-state index in [4.69, 9.17) is 5.11 Å². The second-order valence-corrected chi connectivity index (χ2v) is 9.43. The van der Waals surface area contributed by atoms with E-state index in [1.807, 2.05) is 0 Å². The number of rotatable bonds is 19. The Bertz CT molecular complexity index is 431. The second-order valence-electron chi connectivity index (χ2n) is 8.28. The van der Waals surface area contributed by atoms with Gasteiger partial charge in [-0.15, -0.1) is 0 Å². The molecule has 0 amide bonds. The van der Waals surface area contributed by atoms with Crippen LogP contribution in [0, 0.1) is 0 Å². The van der Waals surface area contributed by atoms with Crippen LogP contribution in [0.25, 0.3) is 0 Å². The van der Waals surface area contributed by atoms with Crippen LogP contribution in [0.4, 0.5) is 0 Å². The predicted molar refractivity (Wildman–Crippen MR) is 121 cm³/mol. The summed E-state index contributed by atoms with van der Waals surface area (Å²) in [5.74, 6) is 0. The topological polar surface area (TPSA) is 86.7 Å². The third-order valence-electron chi connectivity index (χ3n) is 5.66. The molecule has 0 saturated carbocycles. The van der Waals surface area contributed by atoms with Gasteiger partial charge in [0.05, 0.1) is 33.9 Å². The molecule has 0 aromatic rings. The second kappa shape index (κ2) is 21.0. The Morgan fingerprint density at radius 1 is 0.759 bits per heavy atom. The molecule has 0 fully saturated rings. The first-order valence-electron chi connectivity index (χ1n) is 11.7. The summed E-state index contributed by atoms with van der Waals surface area (Å²) in [6, 6.07) is 0. The minimum Gasteiger partial charge on any atom is -0.726 e. The summed E-state index contributed by atoms with van der Waals surface area (Å²) < 4.78 is 32.1. The van der Waals surface area contributed by atoms with Crippen molar-refractivity contribution in [2.24, 2.45) is 0 Å². The largest absolute Gasteiger partial charge is 0.726 e. The summed E-state index contributed by atoms with van der Waals surface area (Å²) in [7, 11) is -1.33. The quantitative estimate of drug-likeness (QED) is 0.132. The maximum Gasteiger partial charge on any atom is 0.217 e. The van der Waals surface area contributed by atoms with E-state index in [0.29, 0.717) is 6.61 Å². The highest BCUT2D eigenvalue weighted by atomic mass is 32.3. The molecule has 0 aliphatic heterocycles. The minimum atomic E-state index is -4.41. The van der Waals surface area contributed by atoms with Gasteiger partial charge in [-0.05, 0) is 19.8 Å². The first kappa shape index (κ1) is 31.0. The van der Waals surface area contributed by atoms with Gasteiger partial charge in [0.1, 0.15) is 6.54 Å². The first-order chi connectivity index (χ1) is 13.7. The van der Waals surface area contributed by atoms with Crippen LogP contribution < -0.4 is 0 Å². The molecule has 0 aliphatic rings. The number of hydrogen-bond donors (Lipinski definition) is 1. The van der Waals surface area contributed by atoms with E-state index in [2.05, 4.69) is 25.1 Å². The highest BCUT2D eigenvalue weighted by molar-refractivity contribution is 7.80. The van der Waals surface area contributed by atoms with Crippen molar-refractivity contribution in [1.29, 1.82) is 0 Å². The van der Waals surface area contributed by atoms with Crippen LogP contribution in [0.2, 0.25) is 0 Å². The zero-order valence-electron chi connectivity index (χ0n) is 19.7. The monoisotopic (exact) mass is 439 g/mol. The fourth-order valence-corrected chi connectivity index (χ4v) is 3.36. The summed E-state index contributed by atoms with van der Waals surface area (Å²) in [6.45, 7) is 8.13. The normalized spacial score (nSPS) is 13.6. The number of quaternary nitrogens is 1. The number of aliphatic hydroxyl groups excluding tert-OH is 1. The van der Waals surface area contributed by atoms with Crippen LogP contribution in [0.5, 0.6) is 0 Å². The Morgan fingerprint density at radius 3 is 1.38 bits per heavy atom. The summed E-state index contributed by atoms with van der Waals surface area (Å²) in [4.78, 5) is 0. The van der Waals surface area contributed by atoms with E-state index in [9.17, 15) is 13.0 Å². The highest BCUT2D eigenvalue weighted by Crippen LogP contribution is 2.13. The van der Waals surface area contributed by atoms with Gasteiger partial charge >= 0.3 is 0 Å². The van der Waals surface area contributed by atoms with Crippen LogP contribution >= 0.6 is 0 Å². The van der Waals surface area contributed by atoms with E-state index >= 15 is 0 Å². The Balaban J connectivity index is 0. The van der Waals surface area contributed by atoms with E-state index in [0.717, 1.165) is 24.7 Å². The van der Waals surface area contributed by atoms with Gasteiger partial charge in [-0.1, -0.05) is 84.0 Å². The van der Waals surface area contributed by atoms with Crippen LogP contribution in [0.3, 0.4) is 0 Å². The van der Waals surface area contributed by atoms with Gasteiger partial charge < -0.3 is 14.1 Å². The van der Waals surface area contributed by atoms with Crippen molar-refractivity contribution < 1.29 is 26.7 Å².